The van der Waals surface area contributed by atoms with Crippen LogP contribution in [0.25, 0.3) is 0 Å². The van der Waals surface area contributed by atoms with Gasteiger partial charge in [-0.05, 0) is 25.0 Å². The van der Waals surface area contributed by atoms with Crippen molar-refractivity contribution < 1.29 is 0 Å². The van der Waals surface area contributed by atoms with E-state index in [-0.39, 0.29) is 0 Å². The van der Waals surface area contributed by atoms with Gasteiger partial charge in [-0.1, -0.05) is 0 Å². The molecule has 3 nitrogen and oxygen atoms in total. The summed E-state index contributed by atoms with van der Waals surface area (Å²) in [6.07, 6.45) is 6.47. The van der Waals surface area contributed by atoms with Gasteiger partial charge in [-0.25, -0.2) is 0 Å². The minimum atomic E-state index is 0.684. The Kier molecular flexibility index (Phi) is 1.91. The van der Waals surface area contributed by atoms with Gasteiger partial charge in [-0.3, -0.25) is 4.98 Å². The van der Waals surface area contributed by atoms with E-state index in [0.717, 1.165) is 13.1 Å². The first-order chi connectivity index (χ1) is 6.93. The molecule has 4 rings (SSSR count). The Hall–Kier alpha value is -1.09. The largest absolute Gasteiger partial charge is 0.364 e. The molecule has 2 atom stereocenters. The number of hydrogen-bond donors (Lipinski definition) is 1. The van der Waals surface area contributed by atoms with Crippen LogP contribution in [0.5, 0.6) is 0 Å². The summed E-state index contributed by atoms with van der Waals surface area (Å²) in [4.78, 5) is 6.68. The molecule has 0 saturated carbocycles. The van der Waals surface area contributed by atoms with Crippen LogP contribution in [0.3, 0.4) is 0 Å². The van der Waals surface area contributed by atoms with Crippen LogP contribution in [0.2, 0.25) is 0 Å². The standard InChI is InChI=1S/C11H15N3/c1-2-10(6-12-5-1)14-8-9-3-4-11(14)7-13-9/h1-2,5-6,9,11,13H,3-4,7-8H2/t9-,11-/m0/s1. The summed E-state index contributed by atoms with van der Waals surface area (Å²) in [5, 5.41) is 3.56. The SMILES string of the molecule is c1cncc(N2C[C@@H]3CC[C@H]2CN3)c1. The van der Waals surface area contributed by atoms with Crippen LogP contribution < -0.4 is 10.2 Å². The molecule has 3 aliphatic rings. The van der Waals surface area contributed by atoms with Crippen molar-refractivity contribution in [3.8, 4) is 0 Å². The Morgan fingerprint density at radius 3 is 3.00 bits per heavy atom. The van der Waals surface area contributed by atoms with Crippen molar-refractivity contribution >= 4 is 5.69 Å². The number of piperidine rings is 2. The Morgan fingerprint density at radius 2 is 2.43 bits per heavy atom. The minimum Gasteiger partial charge on any atom is -0.364 e. The van der Waals surface area contributed by atoms with Gasteiger partial charge in [0.15, 0.2) is 0 Å². The van der Waals surface area contributed by atoms with Crippen molar-refractivity contribution in [2.75, 3.05) is 18.0 Å². The fourth-order valence-corrected chi connectivity index (χ4v) is 2.55. The van der Waals surface area contributed by atoms with E-state index in [9.17, 15) is 0 Å². The summed E-state index contributed by atoms with van der Waals surface area (Å²) < 4.78 is 0. The van der Waals surface area contributed by atoms with Crippen LogP contribution in [-0.4, -0.2) is 30.2 Å². The minimum absolute atomic E-state index is 0.684. The van der Waals surface area contributed by atoms with E-state index in [4.69, 9.17) is 0 Å². The Labute approximate surface area is 84.1 Å². The molecule has 0 unspecified atom stereocenters. The smallest absolute Gasteiger partial charge is 0.0556 e. The molecule has 74 valence electrons. The van der Waals surface area contributed by atoms with Gasteiger partial charge in [0, 0.05) is 31.4 Å². The second kappa shape index (κ2) is 3.24. The summed E-state index contributed by atoms with van der Waals surface area (Å²) in [7, 11) is 0. The lowest BCUT2D eigenvalue weighted by molar-refractivity contribution is 0.290. The summed E-state index contributed by atoms with van der Waals surface area (Å²) in [6.45, 7) is 2.29. The summed E-state index contributed by atoms with van der Waals surface area (Å²) in [6, 6.07) is 5.56. The number of nitrogens with zero attached hydrogens (tertiary/aromatic N) is 2. The maximum Gasteiger partial charge on any atom is 0.0556 e. The van der Waals surface area contributed by atoms with Gasteiger partial charge in [0.2, 0.25) is 0 Å². The lowest BCUT2D eigenvalue weighted by Gasteiger charge is -2.47. The van der Waals surface area contributed by atoms with Crippen LogP contribution in [0, 0.1) is 0 Å². The highest BCUT2D eigenvalue weighted by molar-refractivity contribution is 5.46. The normalized spacial score (nSPS) is 30.7. The van der Waals surface area contributed by atoms with E-state index < -0.39 is 0 Å². The van der Waals surface area contributed by atoms with Gasteiger partial charge in [-0.15, -0.1) is 0 Å². The second-order valence-corrected chi connectivity index (χ2v) is 4.20. The van der Waals surface area contributed by atoms with Crippen molar-refractivity contribution in [3.05, 3.63) is 24.5 Å². The summed E-state index contributed by atoms with van der Waals surface area (Å²) >= 11 is 0. The van der Waals surface area contributed by atoms with Crippen LogP contribution in [0.4, 0.5) is 5.69 Å². The molecule has 0 amide bonds. The van der Waals surface area contributed by atoms with E-state index in [1.165, 1.54) is 18.5 Å². The zero-order valence-electron chi connectivity index (χ0n) is 8.19. The molecule has 1 aromatic heterocycles. The molecule has 3 aliphatic heterocycles. The maximum atomic E-state index is 4.18. The third kappa shape index (κ3) is 1.28. The Morgan fingerprint density at radius 1 is 1.43 bits per heavy atom. The van der Waals surface area contributed by atoms with Crippen LogP contribution in [-0.2, 0) is 0 Å². The molecule has 1 aromatic rings. The molecule has 0 spiro atoms. The number of fused-ring (bicyclic) bond motifs is 3. The van der Waals surface area contributed by atoms with Gasteiger partial charge in [0.25, 0.3) is 0 Å². The monoisotopic (exact) mass is 189 g/mol. The van der Waals surface area contributed by atoms with E-state index in [1.54, 1.807) is 0 Å². The van der Waals surface area contributed by atoms with Crippen molar-refractivity contribution in [3.63, 3.8) is 0 Å². The predicted molar refractivity (Wildman–Crippen MR) is 56.4 cm³/mol. The lowest BCUT2D eigenvalue weighted by Crippen LogP contribution is -2.61. The van der Waals surface area contributed by atoms with E-state index in [0.29, 0.717) is 12.1 Å². The molecule has 2 bridgehead atoms. The van der Waals surface area contributed by atoms with Crippen molar-refractivity contribution in [1.82, 2.24) is 10.3 Å². The van der Waals surface area contributed by atoms with Gasteiger partial charge < -0.3 is 10.2 Å². The summed E-state index contributed by atoms with van der Waals surface area (Å²) in [5.41, 5.74) is 1.28. The Balaban J connectivity index is 1.86. The topological polar surface area (TPSA) is 28.2 Å². The third-order valence-electron chi connectivity index (χ3n) is 3.33. The molecule has 4 heterocycles. The molecule has 0 aliphatic carbocycles. The summed E-state index contributed by atoms with van der Waals surface area (Å²) in [5.74, 6) is 0. The molecule has 3 fully saturated rings. The molecule has 0 radical (unpaired) electrons. The fourth-order valence-electron chi connectivity index (χ4n) is 2.55. The average molecular weight is 189 g/mol. The fraction of sp³-hybridized carbons (Fsp3) is 0.545. The second-order valence-electron chi connectivity index (χ2n) is 4.20. The molecular formula is C11H15N3. The maximum absolute atomic E-state index is 4.18. The molecule has 3 saturated heterocycles. The number of nitrogens with one attached hydrogen (secondary N) is 1. The number of hydrogen-bond acceptors (Lipinski definition) is 3. The molecule has 3 heteroatoms. The zero-order valence-corrected chi connectivity index (χ0v) is 8.19. The number of aromatic nitrogens is 1. The number of piperazine rings is 1. The van der Waals surface area contributed by atoms with E-state index >= 15 is 0 Å². The number of rotatable bonds is 1. The lowest BCUT2D eigenvalue weighted by atomic mass is 9.93. The molecule has 14 heavy (non-hydrogen) atoms. The third-order valence-corrected chi connectivity index (χ3v) is 3.33. The van der Waals surface area contributed by atoms with Crippen LogP contribution in [0.1, 0.15) is 12.8 Å². The first-order valence-electron chi connectivity index (χ1n) is 5.33. The van der Waals surface area contributed by atoms with Gasteiger partial charge in [0.1, 0.15) is 0 Å². The predicted octanol–water partition coefficient (Wildman–Crippen LogP) is 1.02. The first kappa shape index (κ1) is 8.24. The molecule has 1 N–H and O–H groups in total. The first-order valence-corrected chi connectivity index (χ1v) is 5.33. The quantitative estimate of drug-likeness (QED) is 0.715. The van der Waals surface area contributed by atoms with Crippen molar-refractivity contribution in [1.29, 1.82) is 0 Å². The van der Waals surface area contributed by atoms with Gasteiger partial charge >= 0.3 is 0 Å². The number of anilines is 1. The highest BCUT2D eigenvalue weighted by Gasteiger charge is 2.33. The van der Waals surface area contributed by atoms with E-state index in [1.807, 2.05) is 18.5 Å². The van der Waals surface area contributed by atoms with Crippen molar-refractivity contribution in [2.24, 2.45) is 0 Å². The highest BCUT2D eigenvalue weighted by atomic mass is 15.3. The van der Waals surface area contributed by atoms with Gasteiger partial charge in [-0.2, -0.15) is 0 Å². The Bertz CT molecular complexity index is 304. The molecular weight excluding hydrogens is 174 g/mol. The number of pyridine rings is 1. The average Bonchev–Trinajstić information content (AvgIpc) is 2.32. The van der Waals surface area contributed by atoms with Crippen LogP contribution >= 0.6 is 0 Å². The zero-order chi connectivity index (χ0) is 9.38. The van der Waals surface area contributed by atoms with Crippen molar-refractivity contribution in [2.45, 2.75) is 24.9 Å². The van der Waals surface area contributed by atoms with E-state index in [2.05, 4.69) is 21.3 Å². The highest BCUT2D eigenvalue weighted by Crippen LogP contribution is 2.27. The molecule has 0 aromatic carbocycles. The van der Waals surface area contributed by atoms with Gasteiger partial charge in [0.05, 0.1) is 11.9 Å². The van der Waals surface area contributed by atoms with Crippen LogP contribution in [0.15, 0.2) is 24.5 Å².